The summed E-state index contributed by atoms with van der Waals surface area (Å²) in [6.45, 7) is 1.51. The van der Waals surface area contributed by atoms with Crippen molar-refractivity contribution in [2.75, 3.05) is 10.6 Å². The molecule has 27 heavy (non-hydrogen) atoms. The number of hydrogen-bond donors (Lipinski definition) is 2. The van der Waals surface area contributed by atoms with Gasteiger partial charge in [-0.15, -0.1) is 10.2 Å². The highest BCUT2D eigenvalue weighted by Gasteiger charge is 2.09. The zero-order valence-corrected chi connectivity index (χ0v) is 14.6. The van der Waals surface area contributed by atoms with Gasteiger partial charge in [0.15, 0.2) is 17.4 Å². The van der Waals surface area contributed by atoms with Gasteiger partial charge in [0.05, 0.1) is 6.42 Å². The van der Waals surface area contributed by atoms with Gasteiger partial charge in [-0.2, -0.15) is 0 Å². The van der Waals surface area contributed by atoms with E-state index in [0.29, 0.717) is 16.9 Å². The molecule has 0 radical (unpaired) electrons. The first kappa shape index (κ1) is 18.2. The van der Waals surface area contributed by atoms with Crippen LogP contribution in [0.25, 0.3) is 0 Å². The molecule has 0 saturated heterocycles. The minimum Gasteiger partial charge on any atom is -0.339 e. The van der Waals surface area contributed by atoms with E-state index in [9.17, 15) is 14.0 Å². The molecule has 7 heteroatoms. The van der Waals surface area contributed by atoms with Crippen LogP contribution in [0.4, 0.5) is 21.7 Å². The fourth-order valence-electron chi connectivity index (χ4n) is 2.40. The summed E-state index contributed by atoms with van der Waals surface area (Å²) in [5.74, 6) is -0.0488. The number of nitrogens with one attached hydrogen (secondary N) is 2. The molecule has 2 N–H and O–H groups in total. The maximum absolute atomic E-state index is 13.6. The molecular weight excluding hydrogens is 347 g/mol. The number of aromatic nitrogens is 2. The van der Waals surface area contributed by atoms with Gasteiger partial charge in [-0.1, -0.05) is 18.2 Å². The Morgan fingerprint density at radius 1 is 0.926 bits per heavy atom. The minimum absolute atomic E-state index is 0.00294. The maximum Gasteiger partial charge on any atom is 0.230 e. The summed E-state index contributed by atoms with van der Waals surface area (Å²) in [5, 5.41) is 13.6. The Morgan fingerprint density at radius 3 is 2.22 bits per heavy atom. The van der Waals surface area contributed by atoms with E-state index in [2.05, 4.69) is 20.8 Å². The monoisotopic (exact) mass is 364 g/mol. The topological polar surface area (TPSA) is 84.0 Å². The molecule has 0 fully saturated rings. The van der Waals surface area contributed by atoms with Crippen molar-refractivity contribution in [3.05, 3.63) is 77.6 Å². The van der Waals surface area contributed by atoms with E-state index in [0.717, 1.165) is 5.69 Å². The number of carbonyl (C=O) groups is 2. The highest BCUT2D eigenvalue weighted by Crippen LogP contribution is 2.16. The Labute approximate surface area is 155 Å². The molecule has 1 aromatic heterocycles. The quantitative estimate of drug-likeness (QED) is 0.651. The Kier molecular flexibility index (Phi) is 5.51. The van der Waals surface area contributed by atoms with Gasteiger partial charge in [0, 0.05) is 11.3 Å². The van der Waals surface area contributed by atoms with Crippen LogP contribution in [0.2, 0.25) is 0 Å². The predicted molar refractivity (Wildman–Crippen MR) is 100 cm³/mol. The molecule has 0 spiro atoms. The van der Waals surface area contributed by atoms with Crippen molar-refractivity contribution in [1.82, 2.24) is 10.2 Å². The molecular formula is C20H17FN4O2. The van der Waals surface area contributed by atoms with E-state index >= 15 is 0 Å². The number of halogens is 1. The SMILES string of the molecule is CC(=O)c1ccc(Nc2ccc(NC(=O)Cc3ccccc3F)nn2)cc1. The Morgan fingerprint density at radius 2 is 1.59 bits per heavy atom. The molecule has 0 bridgehead atoms. The van der Waals surface area contributed by atoms with Crippen molar-refractivity contribution in [3.63, 3.8) is 0 Å². The first-order valence-electron chi connectivity index (χ1n) is 8.26. The maximum atomic E-state index is 13.6. The number of rotatable bonds is 6. The Hall–Kier alpha value is -3.61. The molecule has 0 unspecified atom stereocenters. The number of hydrogen-bond acceptors (Lipinski definition) is 5. The van der Waals surface area contributed by atoms with Crippen molar-refractivity contribution in [3.8, 4) is 0 Å². The van der Waals surface area contributed by atoms with Crippen LogP contribution in [0.15, 0.2) is 60.7 Å². The lowest BCUT2D eigenvalue weighted by Gasteiger charge is -2.07. The van der Waals surface area contributed by atoms with Crippen molar-refractivity contribution in [1.29, 1.82) is 0 Å². The number of Topliss-reactive ketones (excluding diaryl/α,β-unsaturated/α-hetero) is 1. The van der Waals surface area contributed by atoms with Crippen molar-refractivity contribution in [2.24, 2.45) is 0 Å². The fourth-order valence-corrected chi connectivity index (χ4v) is 2.40. The second kappa shape index (κ2) is 8.18. The van der Waals surface area contributed by atoms with Gasteiger partial charge in [0.1, 0.15) is 5.82 Å². The number of nitrogens with zero attached hydrogens (tertiary/aromatic N) is 2. The average molecular weight is 364 g/mol. The lowest BCUT2D eigenvalue weighted by molar-refractivity contribution is -0.115. The van der Waals surface area contributed by atoms with E-state index in [1.807, 2.05) is 0 Å². The summed E-state index contributed by atoms with van der Waals surface area (Å²) in [7, 11) is 0. The fraction of sp³-hybridized carbons (Fsp3) is 0.100. The lowest BCUT2D eigenvalue weighted by Crippen LogP contribution is -2.16. The third-order valence-electron chi connectivity index (χ3n) is 3.80. The summed E-state index contributed by atoms with van der Waals surface area (Å²) >= 11 is 0. The predicted octanol–water partition coefficient (Wildman–Crippen LogP) is 3.74. The molecule has 0 saturated carbocycles. The number of benzene rings is 2. The highest BCUT2D eigenvalue weighted by atomic mass is 19.1. The zero-order chi connectivity index (χ0) is 19.2. The van der Waals surface area contributed by atoms with Crippen LogP contribution in [0, 0.1) is 5.82 Å². The molecule has 1 heterocycles. The molecule has 3 aromatic rings. The van der Waals surface area contributed by atoms with Crippen LogP contribution in [0.5, 0.6) is 0 Å². The summed E-state index contributed by atoms with van der Waals surface area (Å²) in [6.07, 6.45) is -0.0865. The van der Waals surface area contributed by atoms with Crippen LogP contribution >= 0.6 is 0 Å². The molecule has 2 aromatic carbocycles. The second-order valence-electron chi connectivity index (χ2n) is 5.88. The Balaban J connectivity index is 1.59. The van der Waals surface area contributed by atoms with Crippen LogP contribution in [-0.2, 0) is 11.2 Å². The zero-order valence-electron chi connectivity index (χ0n) is 14.6. The molecule has 0 aliphatic heterocycles. The third-order valence-corrected chi connectivity index (χ3v) is 3.80. The van der Waals surface area contributed by atoms with E-state index in [1.54, 1.807) is 54.6 Å². The first-order valence-corrected chi connectivity index (χ1v) is 8.26. The normalized spacial score (nSPS) is 10.3. The molecule has 0 aliphatic carbocycles. The molecule has 6 nitrogen and oxygen atoms in total. The smallest absolute Gasteiger partial charge is 0.230 e. The largest absolute Gasteiger partial charge is 0.339 e. The molecule has 0 atom stereocenters. The van der Waals surface area contributed by atoms with E-state index < -0.39 is 5.82 Å². The first-order chi connectivity index (χ1) is 13.0. The third kappa shape index (κ3) is 4.94. The van der Waals surface area contributed by atoms with Crippen LogP contribution < -0.4 is 10.6 Å². The molecule has 3 rings (SSSR count). The number of ketones is 1. The molecule has 1 amide bonds. The number of carbonyl (C=O) groups excluding carboxylic acids is 2. The van der Waals surface area contributed by atoms with Gasteiger partial charge in [0.2, 0.25) is 5.91 Å². The summed E-state index contributed by atoms with van der Waals surface area (Å²) in [5.41, 5.74) is 1.69. The average Bonchev–Trinajstić information content (AvgIpc) is 2.66. The van der Waals surface area contributed by atoms with Crippen LogP contribution in [-0.4, -0.2) is 21.9 Å². The lowest BCUT2D eigenvalue weighted by atomic mass is 10.1. The second-order valence-corrected chi connectivity index (χ2v) is 5.88. The van der Waals surface area contributed by atoms with Gasteiger partial charge in [-0.25, -0.2) is 4.39 Å². The van der Waals surface area contributed by atoms with Gasteiger partial charge < -0.3 is 10.6 Å². The van der Waals surface area contributed by atoms with Crippen molar-refractivity contribution < 1.29 is 14.0 Å². The number of amides is 1. The standard InChI is InChI=1S/C20H17FN4O2/c1-13(26)14-6-8-16(9-7-14)22-18-10-11-19(25-24-18)23-20(27)12-15-4-2-3-5-17(15)21/h2-11H,12H2,1H3,(H,22,24)(H,23,25,27). The van der Waals surface area contributed by atoms with Gasteiger partial charge in [-0.05, 0) is 55.0 Å². The van der Waals surface area contributed by atoms with Gasteiger partial charge >= 0.3 is 0 Å². The Bertz CT molecular complexity index is 956. The molecule has 136 valence electrons. The van der Waals surface area contributed by atoms with E-state index in [4.69, 9.17) is 0 Å². The summed E-state index contributed by atoms with van der Waals surface area (Å²) in [4.78, 5) is 23.3. The van der Waals surface area contributed by atoms with E-state index in [1.165, 1.54) is 13.0 Å². The van der Waals surface area contributed by atoms with Gasteiger partial charge in [-0.3, -0.25) is 9.59 Å². The van der Waals surface area contributed by atoms with Crippen molar-refractivity contribution in [2.45, 2.75) is 13.3 Å². The van der Waals surface area contributed by atoms with Crippen molar-refractivity contribution >= 4 is 29.0 Å². The molecule has 0 aliphatic rings. The number of anilines is 3. The van der Waals surface area contributed by atoms with Gasteiger partial charge in [0.25, 0.3) is 0 Å². The minimum atomic E-state index is -0.422. The van der Waals surface area contributed by atoms with E-state index in [-0.39, 0.29) is 23.9 Å². The van der Waals surface area contributed by atoms with Crippen LogP contribution in [0.3, 0.4) is 0 Å². The summed E-state index contributed by atoms with van der Waals surface area (Å²) in [6, 6.07) is 16.3. The summed E-state index contributed by atoms with van der Waals surface area (Å²) < 4.78 is 13.6. The van der Waals surface area contributed by atoms with Crippen LogP contribution in [0.1, 0.15) is 22.8 Å². The highest BCUT2D eigenvalue weighted by molar-refractivity contribution is 5.94.